The molecule has 0 aliphatic heterocycles. The van der Waals surface area contributed by atoms with Gasteiger partial charge in [-0.25, -0.2) is 4.98 Å². The van der Waals surface area contributed by atoms with Crippen LogP contribution < -0.4 is 10.6 Å². The van der Waals surface area contributed by atoms with E-state index in [0.29, 0.717) is 23.8 Å². The number of benzene rings is 1. The number of carbonyl (C=O) groups is 2. The second-order valence-corrected chi connectivity index (χ2v) is 8.97. The van der Waals surface area contributed by atoms with Gasteiger partial charge in [-0.1, -0.05) is 6.07 Å². The van der Waals surface area contributed by atoms with Crippen LogP contribution in [-0.4, -0.2) is 32.0 Å². The number of alkyl halides is 3. The summed E-state index contributed by atoms with van der Waals surface area (Å²) in [5.74, 6) is -0.333. The van der Waals surface area contributed by atoms with Gasteiger partial charge < -0.3 is 10.6 Å². The Morgan fingerprint density at radius 3 is 2.47 bits per heavy atom. The Morgan fingerprint density at radius 1 is 0.921 bits per heavy atom. The number of aromatic nitrogens is 4. The van der Waals surface area contributed by atoms with E-state index in [0.717, 1.165) is 40.7 Å². The van der Waals surface area contributed by atoms with Gasteiger partial charge in [-0.2, -0.15) is 18.3 Å². The average Bonchev–Trinajstić information content (AvgIpc) is 3.75. The minimum atomic E-state index is -4.64. The molecule has 0 unspecified atom stereocenters. The lowest BCUT2D eigenvalue weighted by Gasteiger charge is -2.12. The molecule has 1 aliphatic rings. The highest BCUT2D eigenvalue weighted by atomic mass is 19.4. The predicted octanol–water partition coefficient (Wildman–Crippen LogP) is 5.53. The number of hydrogen-bond acceptors (Lipinski definition) is 6. The smallest absolute Gasteiger partial charge is 0.321 e. The summed E-state index contributed by atoms with van der Waals surface area (Å²) in [6, 6.07) is 11.3. The van der Waals surface area contributed by atoms with Crippen LogP contribution in [0.4, 0.5) is 24.7 Å². The first-order valence-electron chi connectivity index (χ1n) is 11.7. The molecule has 1 saturated carbocycles. The monoisotopic (exact) mass is 518 g/mol. The summed E-state index contributed by atoms with van der Waals surface area (Å²) in [5.41, 5.74) is 2.89. The van der Waals surface area contributed by atoms with Crippen molar-refractivity contribution in [3.8, 4) is 22.3 Å². The second kappa shape index (κ2) is 10.0. The van der Waals surface area contributed by atoms with Gasteiger partial charge in [-0.15, -0.1) is 5.10 Å². The molecule has 1 fully saturated rings. The summed E-state index contributed by atoms with van der Waals surface area (Å²) in [7, 11) is 0. The second-order valence-electron chi connectivity index (χ2n) is 8.97. The first-order chi connectivity index (χ1) is 18.2. The highest BCUT2D eigenvalue weighted by Gasteiger charge is 2.32. The van der Waals surface area contributed by atoms with Crippen molar-refractivity contribution in [1.82, 2.24) is 20.2 Å². The topological polar surface area (TPSA) is 110 Å². The quantitative estimate of drug-likeness (QED) is 0.347. The summed E-state index contributed by atoms with van der Waals surface area (Å²) in [5, 5.41) is 12.2. The van der Waals surface area contributed by atoms with Gasteiger partial charge in [0.1, 0.15) is 5.82 Å². The van der Waals surface area contributed by atoms with Crippen molar-refractivity contribution in [2.24, 2.45) is 5.92 Å². The largest absolute Gasteiger partial charge is 0.418 e. The summed E-state index contributed by atoms with van der Waals surface area (Å²) >= 11 is 0. The van der Waals surface area contributed by atoms with Crippen LogP contribution in [0.15, 0.2) is 67.3 Å². The molecule has 1 aliphatic carbocycles. The molecular weight excluding hydrogens is 497 g/mol. The summed E-state index contributed by atoms with van der Waals surface area (Å²) in [6.45, 7) is 1.89. The van der Waals surface area contributed by atoms with E-state index < -0.39 is 23.3 Å². The normalized spacial score (nSPS) is 13.2. The van der Waals surface area contributed by atoms with E-state index in [4.69, 9.17) is 0 Å². The Hall–Kier alpha value is -4.67. The number of carbonyl (C=O) groups excluding carboxylic acids is 2. The Labute approximate surface area is 215 Å². The van der Waals surface area contributed by atoms with Crippen LogP contribution >= 0.6 is 0 Å². The van der Waals surface area contributed by atoms with Crippen molar-refractivity contribution in [3.63, 3.8) is 0 Å². The maximum Gasteiger partial charge on any atom is 0.418 e. The highest BCUT2D eigenvalue weighted by molar-refractivity contribution is 6.03. The van der Waals surface area contributed by atoms with Gasteiger partial charge in [0.15, 0.2) is 5.69 Å². The van der Waals surface area contributed by atoms with Crippen molar-refractivity contribution in [1.29, 1.82) is 0 Å². The summed E-state index contributed by atoms with van der Waals surface area (Å²) in [4.78, 5) is 33.3. The first-order valence-corrected chi connectivity index (χ1v) is 11.7. The molecule has 2 N–H and O–H groups in total. The van der Waals surface area contributed by atoms with E-state index in [2.05, 4.69) is 30.8 Å². The van der Waals surface area contributed by atoms with Crippen LogP contribution in [0.1, 0.15) is 34.5 Å². The van der Waals surface area contributed by atoms with Gasteiger partial charge in [-0.05, 0) is 72.9 Å². The van der Waals surface area contributed by atoms with E-state index in [9.17, 15) is 22.8 Å². The lowest BCUT2D eigenvalue weighted by molar-refractivity contribution is -0.138. The SMILES string of the molecule is Cc1ccc(NC(=O)c2cc(C(F)(F)F)cnn2)cc1-c1cncc(-c2ccnc(NC(=O)C3CC3)c2)c1. The Morgan fingerprint density at radius 2 is 1.71 bits per heavy atom. The number of rotatable bonds is 6. The van der Waals surface area contributed by atoms with E-state index in [1.807, 2.05) is 19.1 Å². The van der Waals surface area contributed by atoms with E-state index >= 15 is 0 Å². The fourth-order valence-corrected chi connectivity index (χ4v) is 3.84. The fourth-order valence-electron chi connectivity index (χ4n) is 3.84. The molecule has 5 rings (SSSR count). The average molecular weight is 518 g/mol. The van der Waals surface area contributed by atoms with Gasteiger partial charge in [0.05, 0.1) is 11.8 Å². The summed E-state index contributed by atoms with van der Waals surface area (Å²) in [6.07, 6.45) is 2.69. The number of nitrogens with one attached hydrogen (secondary N) is 2. The van der Waals surface area contributed by atoms with Gasteiger partial charge in [0, 0.05) is 41.3 Å². The van der Waals surface area contributed by atoms with Crippen LogP contribution in [0.2, 0.25) is 0 Å². The van der Waals surface area contributed by atoms with E-state index in [1.165, 1.54) is 0 Å². The zero-order valence-electron chi connectivity index (χ0n) is 20.1. The number of nitrogens with zero attached hydrogens (tertiary/aromatic N) is 4. The lowest BCUT2D eigenvalue weighted by Crippen LogP contribution is -2.16. The standard InChI is InChI=1S/C27H21F3N6O2/c1-15-2-5-21(34-26(38)23-10-20(14-33-36-23)27(28,29)30)11-22(15)19-8-18(12-31-13-19)17-6-7-32-24(9-17)35-25(37)16-3-4-16/h2,5-14,16H,3-4H2,1H3,(H,34,38)(H,32,35,37). The van der Waals surface area contributed by atoms with Gasteiger partial charge in [0.25, 0.3) is 5.91 Å². The molecule has 192 valence electrons. The van der Waals surface area contributed by atoms with Crippen molar-refractivity contribution < 1.29 is 22.8 Å². The number of hydrogen-bond donors (Lipinski definition) is 2. The molecule has 3 aromatic heterocycles. The molecule has 0 saturated heterocycles. The molecule has 0 radical (unpaired) electrons. The maximum atomic E-state index is 13.0. The van der Waals surface area contributed by atoms with E-state index in [-0.39, 0.29) is 11.8 Å². The van der Waals surface area contributed by atoms with Crippen molar-refractivity contribution >= 4 is 23.3 Å². The molecule has 11 heteroatoms. The minimum Gasteiger partial charge on any atom is -0.321 e. The van der Waals surface area contributed by atoms with E-state index in [1.54, 1.807) is 42.9 Å². The Bertz CT molecular complexity index is 1540. The third-order valence-corrected chi connectivity index (χ3v) is 6.05. The zero-order valence-corrected chi connectivity index (χ0v) is 20.1. The Balaban J connectivity index is 1.38. The molecule has 0 atom stereocenters. The van der Waals surface area contributed by atoms with Gasteiger partial charge in [-0.3, -0.25) is 14.6 Å². The third-order valence-electron chi connectivity index (χ3n) is 6.05. The van der Waals surface area contributed by atoms with Crippen LogP contribution in [0.3, 0.4) is 0 Å². The van der Waals surface area contributed by atoms with Crippen LogP contribution in [-0.2, 0) is 11.0 Å². The molecule has 0 bridgehead atoms. The highest BCUT2D eigenvalue weighted by Crippen LogP contribution is 2.32. The first kappa shape index (κ1) is 25.0. The number of aryl methyl sites for hydroxylation is 1. The molecular formula is C27H21F3N6O2. The van der Waals surface area contributed by atoms with Crippen molar-refractivity contribution in [3.05, 3.63) is 84.1 Å². The van der Waals surface area contributed by atoms with Crippen molar-refractivity contribution in [2.45, 2.75) is 25.9 Å². The minimum absolute atomic E-state index is 0.0351. The van der Waals surface area contributed by atoms with Crippen LogP contribution in [0.25, 0.3) is 22.3 Å². The zero-order chi connectivity index (χ0) is 26.9. The fraction of sp³-hybridized carbons (Fsp3) is 0.185. The molecule has 8 nitrogen and oxygen atoms in total. The van der Waals surface area contributed by atoms with Crippen molar-refractivity contribution in [2.75, 3.05) is 10.6 Å². The Kier molecular flexibility index (Phi) is 6.58. The molecule has 38 heavy (non-hydrogen) atoms. The van der Waals surface area contributed by atoms with Gasteiger partial charge >= 0.3 is 6.18 Å². The van der Waals surface area contributed by atoms with Crippen LogP contribution in [0.5, 0.6) is 0 Å². The predicted molar refractivity (Wildman–Crippen MR) is 134 cm³/mol. The third kappa shape index (κ3) is 5.66. The number of pyridine rings is 2. The molecule has 2 amide bonds. The molecule has 4 aromatic rings. The number of anilines is 2. The van der Waals surface area contributed by atoms with Crippen LogP contribution in [0, 0.1) is 12.8 Å². The number of halogens is 3. The molecule has 3 heterocycles. The van der Waals surface area contributed by atoms with Gasteiger partial charge in [0.2, 0.25) is 5.91 Å². The summed E-state index contributed by atoms with van der Waals surface area (Å²) < 4.78 is 38.9. The number of amides is 2. The molecule has 0 spiro atoms. The maximum absolute atomic E-state index is 13.0. The lowest BCUT2D eigenvalue weighted by atomic mass is 9.98. The molecule has 1 aromatic carbocycles.